The van der Waals surface area contributed by atoms with Crippen LogP contribution in [0.5, 0.6) is 5.75 Å². The molecule has 0 atom stereocenters. The largest absolute Gasteiger partial charge is 0.496 e. The molecule has 0 bridgehead atoms. The van der Waals surface area contributed by atoms with E-state index in [0.717, 1.165) is 22.3 Å². The van der Waals surface area contributed by atoms with E-state index in [1.165, 1.54) is 0 Å². The van der Waals surface area contributed by atoms with Crippen LogP contribution in [0, 0.1) is 0 Å². The van der Waals surface area contributed by atoms with Crippen LogP contribution in [0.25, 0.3) is 10.4 Å². The van der Waals surface area contributed by atoms with Crippen LogP contribution in [-0.4, -0.2) is 27.6 Å². The predicted octanol–water partition coefficient (Wildman–Crippen LogP) is 4.22. The first kappa shape index (κ1) is 19.1. The third-order valence-electron chi connectivity index (χ3n) is 3.95. The predicted molar refractivity (Wildman–Crippen MR) is 109 cm³/mol. The van der Waals surface area contributed by atoms with Gasteiger partial charge in [0.1, 0.15) is 5.75 Å². The van der Waals surface area contributed by atoms with Crippen LogP contribution in [0.4, 0.5) is 5.69 Å². The minimum absolute atomic E-state index is 0.0671. The molecule has 140 valence electrons. The van der Waals surface area contributed by atoms with Gasteiger partial charge in [0, 0.05) is 28.1 Å². The number of ketones is 1. The van der Waals surface area contributed by atoms with E-state index < -0.39 is 10.0 Å². The molecule has 1 heterocycles. The Balaban J connectivity index is 1.82. The third kappa shape index (κ3) is 4.96. The molecule has 0 radical (unpaired) electrons. The van der Waals surface area contributed by atoms with Crippen molar-refractivity contribution in [1.29, 1.82) is 0 Å². The molecular formula is C20H19NO4S2. The van der Waals surface area contributed by atoms with Crippen molar-refractivity contribution in [3.63, 3.8) is 0 Å². The second kappa shape index (κ2) is 7.94. The number of carbonyl (C=O) groups excluding carboxylic acids is 1. The molecule has 3 aromatic rings. The molecule has 27 heavy (non-hydrogen) atoms. The molecule has 0 aliphatic carbocycles. The van der Waals surface area contributed by atoms with Crippen molar-refractivity contribution in [3.05, 3.63) is 71.1 Å². The summed E-state index contributed by atoms with van der Waals surface area (Å²) in [6.07, 6.45) is 1.28. The number of hydrogen-bond donors (Lipinski definition) is 1. The Bertz CT molecular complexity index is 1040. The lowest BCUT2D eigenvalue weighted by Crippen LogP contribution is -2.10. The molecule has 1 N–H and O–H groups in total. The number of thiophene rings is 1. The molecule has 0 spiro atoms. The van der Waals surface area contributed by atoms with Gasteiger partial charge in [-0.3, -0.25) is 9.52 Å². The number of Topliss-reactive ketones (excluding diaryl/α,β-unsaturated/α-hetero) is 1. The van der Waals surface area contributed by atoms with Crippen LogP contribution in [-0.2, 0) is 16.4 Å². The number of carbonyl (C=O) groups is 1. The van der Waals surface area contributed by atoms with Gasteiger partial charge in [-0.25, -0.2) is 8.42 Å². The average molecular weight is 402 g/mol. The number of benzene rings is 2. The maximum absolute atomic E-state index is 12.7. The van der Waals surface area contributed by atoms with Crippen molar-refractivity contribution in [2.45, 2.75) is 6.42 Å². The molecule has 1 aromatic heterocycles. The molecule has 0 saturated carbocycles. The van der Waals surface area contributed by atoms with Crippen molar-refractivity contribution < 1.29 is 17.9 Å². The lowest BCUT2D eigenvalue weighted by Gasteiger charge is -2.10. The van der Waals surface area contributed by atoms with Crippen molar-refractivity contribution >= 4 is 32.8 Å². The SMILES string of the molecule is COc1ccc(-c2cccs2)cc1CC(=O)c1ccc(NS(C)(=O)=O)cc1. The fourth-order valence-corrected chi connectivity index (χ4v) is 4.01. The van der Waals surface area contributed by atoms with Crippen molar-refractivity contribution in [2.75, 3.05) is 18.1 Å². The van der Waals surface area contributed by atoms with E-state index in [4.69, 9.17) is 4.74 Å². The molecular weight excluding hydrogens is 382 g/mol. The zero-order chi connectivity index (χ0) is 19.4. The van der Waals surface area contributed by atoms with E-state index in [-0.39, 0.29) is 12.2 Å². The topological polar surface area (TPSA) is 72.5 Å². The van der Waals surface area contributed by atoms with E-state index in [0.29, 0.717) is 17.0 Å². The molecule has 2 aromatic carbocycles. The van der Waals surface area contributed by atoms with Crippen LogP contribution in [0.1, 0.15) is 15.9 Å². The first-order valence-corrected chi connectivity index (χ1v) is 10.9. The molecule has 0 amide bonds. The van der Waals surface area contributed by atoms with Crippen LogP contribution < -0.4 is 9.46 Å². The highest BCUT2D eigenvalue weighted by atomic mass is 32.2. The van der Waals surface area contributed by atoms with Gasteiger partial charge in [0.15, 0.2) is 5.78 Å². The monoisotopic (exact) mass is 401 g/mol. The minimum atomic E-state index is -3.34. The van der Waals surface area contributed by atoms with E-state index in [2.05, 4.69) is 4.72 Å². The molecule has 7 heteroatoms. The Labute approximate surface area is 162 Å². The Morgan fingerprint density at radius 1 is 1.11 bits per heavy atom. The second-order valence-corrected chi connectivity index (χ2v) is 8.75. The minimum Gasteiger partial charge on any atom is -0.496 e. The van der Waals surface area contributed by atoms with Gasteiger partial charge in [0.25, 0.3) is 0 Å². The zero-order valence-corrected chi connectivity index (χ0v) is 16.6. The van der Waals surface area contributed by atoms with E-state index in [1.54, 1.807) is 42.7 Å². The Kier molecular flexibility index (Phi) is 5.62. The Morgan fingerprint density at radius 2 is 1.85 bits per heavy atom. The van der Waals surface area contributed by atoms with Gasteiger partial charge in [-0.1, -0.05) is 6.07 Å². The first-order chi connectivity index (χ1) is 12.9. The Hall–Kier alpha value is -2.64. The lowest BCUT2D eigenvalue weighted by molar-refractivity contribution is 0.0992. The summed E-state index contributed by atoms with van der Waals surface area (Å²) in [6.45, 7) is 0. The second-order valence-electron chi connectivity index (χ2n) is 6.06. The summed E-state index contributed by atoms with van der Waals surface area (Å²) in [7, 11) is -1.76. The smallest absolute Gasteiger partial charge is 0.229 e. The standard InChI is InChI=1S/C20H19NO4S2/c1-25-19-10-7-15(20-4-3-11-26-20)12-16(19)13-18(22)14-5-8-17(9-6-14)21-27(2,23)24/h3-12,21H,13H2,1-2H3. The van der Waals surface area contributed by atoms with Gasteiger partial charge in [-0.05, 0) is 59.5 Å². The van der Waals surface area contributed by atoms with Gasteiger partial charge in [-0.2, -0.15) is 0 Å². The van der Waals surface area contributed by atoms with Crippen molar-refractivity contribution in [1.82, 2.24) is 0 Å². The lowest BCUT2D eigenvalue weighted by atomic mass is 10.00. The zero-order valence-electron chi connectivity index (χ0n) is 14.9. The van der Waals surface area contributed by atoms with Crippen molar-refractivity contribution in [3.8, 4) is 16.2 Å². The van der Waals surface area contributed by atoms with Gasteiger partial charge in [-0.15, -0.1) is 11.3 Å². The highest BCUT2D eigenvalue weighted by Gasteiger charge is 2.13. The Morgan fingerprint density at radius 3 is 2.44 bits per heavy atom. The molecule has 0 fully saturated rings. The number of nitrogens with one attached hydrogen (secondary N) is 1. The average Bonchev–Trinajstić information content (AvgIpc) is 3.15. The number of ether oxygens (including phenoxy) is 1. The number of sulfonamides is 1. The van der Waals surface area contributed by atoms with Crippen LogP contribution >= 0.6 is 11.3 Å². The van der Waals surface area contributed by atoms with Gasteiger partial charge in [0.2, 0.25) is 10.0 Å². The van der Waals surface area contributed by atoms with Gasteiger partial charge >= 0.3 is 0 Å². The first-order valence-electron chi connectivity index (χ1n) is 8.17. The highest BCUT2D eigenvalue weighted by molar-refractivity contribution is 7.92. The van der Waals surface area contributed by atoms with E-state index in [9.17, 15) is 13.2 Å². The highest BCUT2D eigenvalue weighted by Crippen LogP contribution is 2.30. The summed E-state index contributed by atoms with van der Waals surface area (Å²) in [6, 6.07) is 16.2. The maximum atomic E-state index is 12.7. The molecule has 0 unspecified atom stereocenters. The summed E-state index contributed by atoms with van der Waals surface area (Å²) in [5.74, 6) is 0.599. The van der Waals surface area contributed by atoms with Crippen LogP contribution in [0.15, 0.2) is 60.0 Å². The summed E-state index contributed by atoms with van der Waals surface area (Å²) in [4.78, 5) is 13.8. The number of rotatable bonds is 7. The molecule has 5 nitrogen and oxygen atoms in total. The number of methoxy groups -OCH3 is 1. The third-order valence-corrected chi connectivity index (χ3v) is 5.47. The van der Waals surface area contributed by atoms with Crippen molar-refractivity contribution in [2.24, 2.45) is 0 Å². The van der Waals surface area contributed by atoms with Crippen LogP contribution in [0.2, 0.25) is 0 Å². The summed E-state index contributed by atoms with van der Waals surface area (Å²) >= 11 is 1.64. The van der Waals surface area contributed by atoms with E-state index >= 15 is 0 Å². The summed E-state index contributed by atoms with van der Waals surface area (Å²) in [5, 5.41) is 2.01. The number of hydrogen-bond acceptors (Lipinski definition) is 5. The fraction of sp³-hybridized carbons (Fsp3) is 0.150. The van der Waals surface area contributed by atoms with Crippen LogP contribution in [0.3, 0.4) is 0 Å². The molecule has 3 rings (SSSR count). The summed E-state index contributed by atoms with van der Waals surface area (Å²) < 4.78 is 30.3. The maximum Gasteiger partial charge on any atom is 0.229 e. The quantitative estimate of drug-likeness (QED) is 0.602. The molecule has 0 saturated heterocycles. The van der Waals surface area contributed by atoms with Gasteiger partial charge in [0.05, 0.1) is 13.4 Å². The fourth-order valence-electron chi connectivity index (χ4n) is 2.73. The van der Waals surface area contributed by atoms with Gasteiger partial charge < -0.3 is 4.74 Å². The normalized spacial score (nSPS) is 11.2. The number of anilines is 1. The summed E-state index contributed by atoms with van der Waals surface area (Å²) in [5.41, 5.74) is 2.79. The molecule has 0 aliphatic rings. The molecule has 0 aliphatic heterocycles. The van der Waals surface area contributed by atoms with E-state index in [1.807, 2.05) is 35.7 Å².